The van der Waals surface area contributed by atoms with E-state index in [2.05, 4.69) is 100 Å². The predicted octanol–water partition coefficient (Wildman–Crippen LogP) is 9.84. The molecule has 0 spiro atoms. The van der Waals surface area contributed by atoms with Crippen molar-refractivity contribution in [1.82, 2.24) is 14.8 Å². The van der Waals surface area contributed by atoms with E-state index in [0.717, 1.165) is 65.1 Å². The third-order valence-corrected chi connectivity index (χ3v) is 8.46. The van der Waals surface area contributed by atoms with Crippen LogP contribution < -0.4 is 0 Å². The molecule has 0 saturated heterocycles. The van der Waals surface area contributed by atoms with Gasteiger partial charge in [0.15, 0.2) is 0 Å². The van der Waals surface area contributed by atoms with Crippen LogP contribution in [0, 0.1) is 13.8 Å². The van der Waals surface area contributed by atoms with Gasteiger partial charge in [0.2, 0.25) is 0 Å². The molecule has 0 amide bonds. The van der Waals surface area contributed by atoms with Gasteiger partial charge in [0.25, 0.3) is 0 Å². The third kappa shape index (κ3) is 5.05. The average Bonchev–Trinajstić information content (AvgIpc) is 3.50. The van der Waals surface area contributed by atoms with Crippen LogP contribution in [0.4, 0.5) is 0 Å². The summed E-state index contributed by atoms with van der Waals surface area (Å²) < 4.78 is 9.38. The number of nitrogens with zero attached hydrogens (tertiary/aromatic N) is 3. The van der Waals surface area contributed by atoms with Crippen molar-refractivity contribution < 1.29 is 4.74 Å². The van der Waals surface area contributed by atoms with E-state index in [1.807, 2.05) is 30.1 Å². The number of benzene rings is 4. The fourth-order valence-corrected chi connectivity index (χ4v) is 6.56. The predicted molar refractivity (Wildman–Crippen MR) is 169 cm³/mol. The smallest absolute Gasteiger partial charge is 0.124 e. The minimum Gasteiger partial charge on any atom is -0.368 e. The van der Waals surface area contributed by atoms with E-state index in [1.165, 1.54) is 0 Å². The Hall–Kier alpha value is -3.51. The van der Waals surface area contributed by atoms with Crippen molar-refractivity contribution in [2.75, 3.05) is 0 Å². The Morgan fingerprint density at radius 3 is 2.38 bits per heavy atom. The first kappa shape index (κ1) is 26.7. The zero-order valence-corrected chi connectivity index (χ0v) is 24.9. The van der Waals surface area contributed by atoms with Gasteiger partial charge in [-0.05, 0) is 98.8 Å². The van der Waals surface area contributed by atoms with Crippen molar-refractivity contribution in [2.45, 2.75) is 39.4 Å². The zero-order valence-electron chi connectivity index (χ0n) is 23.3. The highest BCUT2D eigenvalue weighted by Gasteiger charge is 2.25. The van der Waals surface area contributed by atoms with Crippen LogP contribution in [-0.4, -0.2) is 20.4 Å². The molecule has 1 atom stereocenters. The second-order valence-electron chi connectivity index (χ2n) is 11.2. The topological polar surface area (TPSA) is 39.9 Å². The monoisotopic (exact) mass is 564 g/mol. The quantitative estimate of drug-likeness (QED) is 0.209. The van der Waals surface area contributed by atoms with Crippen LogP contribution in [-0.2, 0) is 11.8 Å². The molecule has 0 N–H and O–H groups in total. The molecule has 0 aliphatic heterocycles. The van der Waals surface area contributed by atoms with E-state index in [9.17, 15) is 0 Å². The first-order valence-corrected chi connectivity index (χ1v) is 14.5. The fraction of sp³-hybridized carbons (Fsp3) is 0.206. The van der Waals surface area contributed by atoms with Crippen molar-refractivity contribution in [3.8, 4) is 32.8 Å². The summed E-state index contributed by atoms with van der Waals surface area (Å²) in [6.45, 7) is 12.7. The maximum atomic E-state index is 6.37. The summed E-state index contributed by atoms with van der Waals surface area (Å²) in [7, 11) is 1.97. The molecule has 4 nitrogen and oxygen atoms in total. The fourth-order valence-electron chi connectivity index (χ4n) is 5.31. The Kier molecular flexibility index (Phi) is 6.78. The van der Waals surface area contributed by atoms with Crippen LogP contribution in [0.3, 0.4) is 0 Å². The maximum Gasteiger partial charge on any atom is 0.124 e. The van der Waals surface area contributed by atoms with Crippen LogP contribution in [0.25, 0.3) is 53.9 Å². The highest BCUT2D eigenvalue weighted by molar-refractivity contribution is 7.22. The van der Waals surface area contributed by atoms with Gasteiger partial charge in [-0.25, -0.2) is 4.98 Å². The maximum absolute atomic E-state index is 6.37. The van der Waals surface area contributed by atoms with E-state index in [0.29, 0.717) is 5.02 Å². The number of aryl methyl sites for hydroxylation is 2. The number of rotatable bonds is 5. The van der Waals surface area contributed by atoms with Crippen LogP contribution in [0.5, 0.6) is 0 Å². The molecule has 0 unspecified atom stereocenters. The van der Waals surface area contributed by atoms with Crippen molar-refractivity contribution in [3.63, 3.8) is 0 Å². The van der Waals surface area contributed by atoms with Crippen molar-refractivity contribution in [3.05, 3.63) is 102 Å². The van der Waals surface area contributed by atoms with Crippen LogP contribution >= 0.6 is 22.9 Å². The van der Waals surface area contributed by atoms with E-state index in [4.69, 9.17) is 21.3 Å². The summed E-state index contributed by atoms with van der Waals surface area (Å²) in [6, 6.07) is 25.2. The van der Waals surface area contributed by atoms with E-state index in [-0.39, 0.29) is 11.7 Å². The SMILES string of the molecule is [CH2][C@H](OC(C)(C)C)c1c(C)cc2nc(-c3cccc(-c4ccc5c(cnn5C)c4)c3)sc2c1-c1ccc(Cl)cc1. The minimum absolute atomic E-state index is 0.330. The molecule has 0 saturated carbocycles. The molecule has 201 valence electrons. The Bertz CT molecular complexity index is 1860. The Labute approximate surface area is 244 Å². The lowest BCUT2D eigenvalue weighted by Gasteiger charge is -2.28. The largest absolute Gasteiger partial charge is 0.368 e. The number of halogens is 1. The van der Waals surface area contributed by atoms with Gasteiger partial charge in [-0.3, -0.25) is 4.68 Å². The molecule has 6 heteroatoms. The molecule has 2 aromatic heterocycles. The number of thiazole rings is 1. The first-order chi connectivity index (χ1) is 19.1. The van der Waals surface area contributed by atoms with Gasteiger partial charge in [-0.15, -0.1) is 11.3 Å². The van der Waals surface area contributed by atoms with Gasteiger partial charge in [0.1, 0.15) is 5.01 Å². The number of aromatic nitrogens is 3. The normalized spacial score (nSPS) is 12.9. The molecular formula is C34H31ClN3OS. The van der Waals surface area contributed by atoms with Gasteiger partial charge < -0.3 is 4.74 Å². The van der Waals surface area contributed by atoms with E-state index in [1.54, 1.807) is 11.3 Å². The highest BCUT2D eigenvalue weighted by Crippen LogP contribution is 2.44. The van der Waals surface area contributed by atoms with E-state index < -0.39 is 0 Å². The van der Waals surface area contributed by atoms with Gasteiger partial charge in [-0.1, -0.05) is 48.0 Å². The number of hydrogen-bond donors (Lipinski definition) is 0. The Balaban J connectivity index is 1.50. The lowest BCUT2D eigenvalue weighted by molar-refractivity contribution is -0.0408. The highest BCUT2D eigenvalue weighted by atomic mass is 35.5. The minimum atomic E-state index is -0.341. The molecule has 6 rings (SSSR count). The standard InChI is InChI=1S/C34H31ClN3OS/c1-20-16-28-32(31(22-10-13-27(35)14-11-22)30(20)21(2)39-34(3,4)5)40-33(37-28)25-9-7-8-23(17-25)24-12-15-29-26(18-24)19-36-38(29)6/h7-19,21H,2H2,1,3-6H3/t21-/m0/s1. The molecule has 40 heavy (non-hydrogen) atoms. The van der Waals surface area contributed by atoms with Crippen LogP contribution in [0.15, 0.2) is 79.0 Å². The summed E-state index contributed by atoms with van der Waals surface area (Å²) in [5.41, 5.74) is 9.52. The summed E-state index contributed by atoms with van der Waals surface area (Å²) in [4.78, 5) is 5.13. The zero-order chi connectivity index (χ0) is 28.2. The summed E-state index contributed by atoms with van der Waals surface area (Å²) >= 11 is 7.97. The molecule has 1 radical (unpaired) electrons. The molecule has 0 bridgehead atoms. The summed E-state index contributed by atoms with van der Waals surface area (Å²) in [6.07, 6.45) is 1.57. The second kappa shape index (κ2) is 10.2. The van der Waals surface area contributed by atoms with Gasteiger partial charge in [0, 0.05) is 28.6 Å². The van der Waals surface area contributed by atoms with Gasteiger partial charge in [0.05, 0.1) is 33.6 Å². The second-order valence-corrected chi connectivity index (χ2v) is 12.6. The van der Waals surface area contributed by atoms with Crippen molar-refractivity contribution >= 4 is 44.1 Å². The molecule has 0 fully saturated rings. The first-order valence-electron chi connectivity index (χ1n) is 13.3. The third-order valence-electron chi connectivity index (χ3n) is 7.07. The summed E-state index contributed by atoms with van der Waals surface area (Å²) in [5, 5.41) is 7.20. The van der Waals surface area contributed by atoms with E-state index >= 15 is 0 Å². The van der Waals surface area contributed by atoms with Crippen molar-refractivity contribution in [1.29, 1.82) is 0 Å². The van der Waals surface area contributed by atoms with Crippen molar-refractivity contribution in [2.24, 2.45) is 7.05 Å². The number of fused-ring (bicyclic) bond motifs is 2. The molecular weight excluding hydrogens is 534 g/mol. The molecule has 2 heterocycles. The molecule has 0 aliphatic carbocycles. The van der Waals surface area contributed by atoms with Crippen LogP contribution in [0.2, 0.25) is 5.02 Å². The van der Waals surface area contributed by atoms with Gasteiger partial charge in [-0.2, -0.15) is 5.10 Å². The average molecular weight is 565 g/mol. The van der Waals surface area contributed by atoms with Crippen LogP contribution in [0.1, 0.15) is 38.0 Å². The lowest BCUT2D eigenvalue weighted by atomic mass is 9.92. The number of ether oxygens (including phenoxy) is 1. The Morgan fingerprint density at radius 1 is 0.925 bits per heavy atom. The Morgan fingerprint density at radius 2 is 1.62 bits per heavy atom. The van der Waals surface area contributed by atoms with Gasteiger partial charge >= 0.3 is 0 Å². The lowest BCUT2D eigenvalue weighted by Crippen LogP contribution is -2.22. The summed E-state index contributed by atoms with van der Waals surface area (Å²) in [5.74, 6) is 0. The molecule has 0 aliphatic rings. The molecule has 6 aromatic rings. The molecule has 4 aromatic carbocycles. The number of hydrogen-bond acceptors (Lipinski definition) is 4.